The summed E-state index contributed by atoms with van der Waals surface area (Å²) in [7, 11) is 0. The van der Waals surface area contributed by atoms with Crippen LogP contribution in [0.2, 0.25) is 0 Å². The maximum Gasteiger partial charge on any atom is 0.563 e. The zero-order chi connectivity index (χ0) is 10.2. The van der Waals surface area contributed by atoms with Crippen LogP contribution in [0.15, 0.2) is 15.1 Å². The van der Waals surface area contributed by atoms with Gasteiger partial charge in [0.05, 0.1) is 9.20 Å². The molecular weight excluding hydrogens is 308 g/mol. The molecule has 0 aromatic carbocycles. The predicted molar refractivity (Wildman–Crippen MR) is 50.6 cm³/mol. The van der Waals surface area contributed by atoms with Gasteiger partial charge >= 0.3 is 5.82 Å². The first-order valence-electron chi connectivity index (χ1n) is 3.19. The second-order valence-electron chi connectivity index (χ2n) is 2.34. The topological polar surface area (TPSA) is 67.2 Å². The van der Waals surface area contributed by atoms with E-state index in [0.29, 0.717) is 14.8 Å². The molecule has 0 fully saturated rings. The molecule has 0 aliphatic rings. The van der Waals surface area contributed by atoms with Crippen molar-refractivity contribution < 1.29 is 14.9 Å². The van der Waals surface area contributed by atoms with E-state index in [1.54, 1.807) is 6.92 Å². The van der Waals surface area contributed by atoms with Gasteiger partial charge in [0.2, 0.25) is 6.20 Å². The Balaban J connectivity index is 3.53. The van der Waals surface area contributed by atoms with Gasteiger partial charge in [-0.2, -0.15) is 0 Å². The van der Waals surface area contributed by atoms with Gasteiger partial charge in [0.15, 0.2) is 4.47 Å². The molecule has 0 unspecified atom stereocenters. The Hall–Kier alpha value is -0.690. The molecule has 1 aromatic rings. The average molecular weight is 313 g/mol. The Kier molecular flexibility index (Phi) is 2.87. The molecule has 5 nitrogen and oxygen atoms in total. The lowest BCUT2D eigenvalue weighted by atomic mass is 10.3. The van der Waals surface area contributed by atoms with E-state index in [2.05, 4.69) is 31.9 Å². The van der Waals surface area contributed by atoms with Gasteiger partial charge in [0.1, 0.15) is 4.92 Å². The second kappa shape index (κ2) is 3.59. The molecule has 0 amide bonds. The minimum Gasteiger partial charge on any atom is -0.279 e. The summed E-state index contributed by atoms with van der Waals surface area (Å²) in [5, 5.41) is 19.7. The standard InChI is InChI=1S/C6H5Br2N2O3/c1-3-4(7)2-9(11)6(5(3)8)10(12)13/h2,11H,1H3/q+1. The van der Waals surface area contributed by atoms with Gasteiger partial charge in [-0.15, -0.1) is 0 Å². The van der Waals surface area contributed by atoms with E-state index in [9.17, 15) is 15.3 Å². The van der Waals surface area contributed by atoms with E-state index in [4.69, 9.17) is 0 Å². The van der Waals surface area contributed by atoms with Crippen molar-refractivity contribution in [1.29, 1.82) is 0 Å². The van der Waals surface area contributed by atoms with Crippen LogP contribution in [0, 0.1) is 17.0 Å². The van der Waals surface area contributed by atoms with E-state index in [-0.39, 0.29) is 10.3 Å². The van der Waals surface area contributed by atoms with E-state index in [1.807, 2.05) is 0 Å². The van der Waals surface area contributed by atoms with Gasteiger partial charge < -0.3 is 0 Å². The fourth-order valence-corrected chi connectivity index (χ4v) is 2.00. The Morgan fingerprint density at radius 1 is 1.62 bits per heavy atom. The smallest absolute Gasteiger partial charge is 0.279 e. The van der Waals surface area contributed by atoms with Crippen molar-refractivity contribution in [3.63, 3.8) is 0 Å². The third-order valence-electron chi connectivity index (χ3n) is 1.51. The van der Waals surface area contributed by atoms with Crippen LogP contribution in [-0.2, 0) is 0 Å². The van der Waals surface area contributed by atoms with Crippen LogP contribution in [0.5, 0.6) is 0 Å². The summed E-state index contributed by atoms with van der Waals surface area (Å²) < 4.78 is 1.31. The second-order valence-corrected chi connectivity index (χ2v) is 3.99. The largest absolute Gasteiger partial charge is 0.563 e. The van der Waals surface area contributed by atoms with Crippen LogP contribution in [0.1, 0.15) is 5.56 Å². The summed E-state index contributed by atoms with van der Waals surface area (Å²) in [4.78, 5) is 9.82. The number of halogens is 2. The Morgan fingerprint density at radius 2 is 2.15 bits per heavy atom. The van der Waals surface area contributed by atoms with Gasteiger partial charge in [-0.25, -0.2) is 0 Å². The fraction of sp³-hybridized carbons (Fsp3) is 0.167. The fourth-order valence-electron chi connectivity index (χ4n) is 0.802. The summed E-state index contributed by atoms with van der Waals surface area (Å²) in [6, 6.07) is 0. The van der Waals surface area contributed by atoms with Gasteiger partial charge in [-0.05, 0) is 44.3 Å². The highest BCUT2D eigenvalue weighted by Crippen LogP contribution is 2.28. The zero-order valence-electron chi connectivity index (χ0n) is 6.49. The number of hydrogen-bond donors (Lipinski definition) is 1. The van der Waals surface area contributed by atoms with Crippen molar-refractivity contribution in [3.8, 4) is 0 Å². The predicted octanol–water partition coefficient (Wildman–Crippen LogP) is 1.95. The summed E-state index contributed by atoms with van der Waals surface area (Å²) in [6.45, 7) is 1.70. The van der Waals surface area contributed by atoms with E-state index in [0.717, 1.165) is 0 Å². The molecule has 70 valence electrons. The summed E-state index contributed by atoms with van der Waals surface area (Å²) in [5.41, 5.74) is 0.664. The number of rotatable bonds is 1. The van der Waals surface area contributed by atoms with E-state index < -0.39 is 4.92 Å². The minimum absolute atomic E-state index is 0.259. The molecule has 0 radical (unpaired) electrons. The number of aromatic nitrogens is 1. The highest BCUT2D eigenvalue weighted by atomic mass is 79.9. The minimum atomic E-state index is -0.663. The summed E-state index contributed by atoms with van der Waals surface area (Å²) in [6.07, 6.45) is 1.22. The quantitative estimate of drug-likeness (QED) is 0.373. The highest BCUT2D eigenvalue weighted by molar-refractivity contribution is 9.11. The van der Waals surface area contributed by atoms with Gasteiger partial charge in [-0.3, -0.25) is 15.3 Å². The molecular formula is C6H5Br2N2O3+. The third kappa shape index (κ3) is 1.80. The highest BCUT2D eigenvalue weighted by Gasteiger charge is 2.31. The zero-order valence-corrected chi connectivity index (χ0v) is 9.66. The molecule has 0 spiro atoms. The van der Waals surface area contributed by atoms with Gasteiger partial charge in [0, 0.05) is 0 Å². The molecule has 0 saturated heterocycles. The van der Waals surface area contributed by atoms with Gasteiger partial charge in [-0.1, -0.05) is 0 Å². The lowest BCUT2D eigenvalue weighted by Crippen LogP contribution is -2.33. The lowest BCUT2D eigenvalue weighted by molar-refractivity contribution is -0.921. The van der Waals surface area contributed by atoms with Crippen LogP contribution in [0.25, 0.3) is 0 Å². The first kappa shape index (κ1) is 10.4. The molecule has 7 heteroatoms. The lowest BCUT2D eigenvalue weighted by Gasteiger charge is -1.97. The first-order chi connectivity index (χ1) is 5.95. The summed E-state index contributed by atoms with van der Waals surface area (Å²) >= 11 is 6.18. The average Bonchev–Trinajstić information content (AvgIpc) is 1.99. The van der Waals surface area contributed by atoms with E-state index >= 15 is 0 Å². The van der Waals surface area contributed by atoms with Crippen molar-refractivity contribution in [2.24, 2.45) is 0 Å². The van der Waals surface area contributed by atoms with Crippen LogP contribution in [0.3, 0.4) is 0 Å². The molecule has 0 bridgehead atoms. The monoisotopic (exact) mass is 311 g/mol. The Labute approximate surface area is 90.4 Å². The molecule has 0 aliphatic heterocycles. The first-order valence-corrected chi connectivity index (χ1v) is 4.77. The molecule has 0 saturated carbocycles. The van der Waals surface area contributed by atoms with Crippen molar-refractivity contribution in [2.75, 3.05) is 0 Å². The van der Waals surface area contributed by atoms with Crippen LogP contribution >= 0.6 is 31.9 Å². The molecule has 1 heterocycles. The number of hydrogen-bond acceptors (Lipinski definition) is 3. The van der Waals surface area contributed by atoms with Crippen LogP contribution in [0.4, 0.5) is 5.82 Å². The van der Waals surface area contributed by atoms with Gasteiger partial charge in [0.25, 0.3) is 0 Å². The molecule has 1 aromatic heterocycles. The molecule has 13 heavy (non-hydrogen) atoms. The molecule has 1 N–H and O–H groups in total. The van der Waals surface area contributed by atoms with E-state index in [1.165, 1.54) is 6.20 Å². The maximum absolute atomic E-state index is 10.5. The normalized spacial score (nSPS) is 10.1. The number of nitrogens with zero attached hydrogens (tertiary/aromatic N) is 2. The summed E-state index contributed by atoms with van der Waals surface area (Å²) in [5.74, 6) is -0.388. The number of pyridine rings is 1. The van der Waals surface area contributed by atoms with Crippen molar-refractivity contribution in [1.82, 2.24) is 0 Å². The molecule has 0 aliphatic carbocycles. The Morgan fingerprint density at radius 3 is 2.62 bits per heavy atom. The van der Waals surface area contributed by atoms with Crippen LogP contribution in [-0.4, -0.2) is 10.1 Å². The van der Waals surface area contributed by atoms with Crippen molar-refractivity contribution in [3.05, 3.63) is 30.8 Å². The molecule has 1 rings (SSSR count). The Bertz CT molecular complexity index is 381. The third-order valence-corrected chi connectivity index (χ3v) is 3.26. The maximum atomic E-state index is 10.5. The van der Waals surface area contributed by atoms with Crippen molar-refractivity contribution >= 4 is 37.7 Å². The van der Waals surface area contributed by atoms with Crippen molar-refractivity contribution in [2.45, 2.75) is 6.92 Å². The molecule has 0 atom stereocenters. The number of nitro groups is 1. The van der Waals surface area contributed by atoms with Crippen LogP contribution < -0.4 is 4.73 Å². The SMILES string of the molecule is Cc1c(Br)c[n+](O)c([N+](=O)[O-])c1Br.